The maximum Gasteiger partial charge on any atom is 0.274 e. The van der Waals surface area contributed by atoms with E-state index in [0.29, 0.717) is 5.69 Å². The zero-order valence-electron chi connectivity index (χ0n) is 15.4. The third-order valence-electron chi connectivity index (χ3n) is 4.54. The van der Waals surface area contributed by atoms with Crippen molar-refractivity contribution in [2.24, 2.45) is 0 Å². The quantitative estimate of drug-likeness (QED) is 0.832. The maximum absolute atomic E-state index is 13.0. The fourth-order valence-corrected chi connectivity index (χ4v) is 3.38. The van der Waals surface area contributed by atoms with E-state index >= 15 is 0 Å². The van der Waals surface area contributed by atoms with Gasteiger partial charge in [0.1, 0.15) is 0 Å². The first-order valence-electron chi connectivity index (χ1n) is 8.80. The Labute approximate surface area is 148 Å². The van der Waals surface area contributed by atoms with Crippen LogP contribution in [0, 0.1) is 6.92 Å². The van der Waals surface area contributed by atoms with Gasteiger partial charge in [0, 0.05) is 31.5 Å². The Kier molecular flexibility index (Phi) is 5.13. The Balaban J connectivity index is 1.83. The molecule has 0 N–H and O–H groups in total. The number of amides is 1. The van der Waals surface area contributed by atoms with Gasteiger partial charge in [-0.2, -0.15) is 5.10 Å². The van der Waals surface area contributed by atoms with Crippen molar-refractivity contribution in [3.63, 3.8) is 0 Å². The van der Waals surface area contributed by atoms with Crippen LogP contribution in [0.5, 0.6) is 0 Å². The normalized spacial score (nSPS) is 17.5. The van der Waals surface area contributed by atoms with Gasteiger partial charge in [0.05, 0.1) is 23.6 Å². The van der Waals surface area contributed by atoms with Gasteiger partial charge in [-0.15, -0.1) is 0 Å². The van der Waals surface area contributed by atoms with Crippen LogP contribution in [0.4, 0.5) is 0 Å². The molecule has 0 bridgehead atoms. The predicted octanol–water partition coefficient (Wildman–Crippen LogP) is 2.04. The molecule has 3 rings (SSSR count). The summed E-state index contributed by atoms with van der Waals surface area (Å²) in [4.78, 5) is 26.0. The fourth-order valence-electron chi connectivity index (χ4n) is 3.38. The second-order valence-electron chi connectivity index (χ2n) is 6.82. The molecule has 0 spiro atoms. The number of nitrogens with zero attached hydrogens (tertiary/aromatic N) is 6. The van der Waals surface area contributed by atoms with Crippen molar-refractivity contribution >= 4 is 5.91 Å². The summed E-state index contributed by atoms with van der Waals surface area (Å²) in [6, 6.07) is 1.85. The lowest BCUT2D eigenvalue weighted by atomic mass is 10.1. The van der Waals surface area contributed by atoms with Crippen LogP contribution in [0.1, 0.15) is 53.4 Å². The molecule has 1 unspecified atom stereocenters. The number of hydrogen-bond donors (Lipinski definition) is 0. The summed E-state index contributed by atoms with van der Waals surface area (Å²) in [5.74, 6) is -0.0161. The van der Waals surface area contributed by atoms with Gasteiger partial charge in [-0.25, -0.2) is 0 Å². The van der Waals surface area contributed by atoms with Gasteiger partial charge in [0.25, 0.3) is 5.91 Å². The summed E-state index contributed by atoms with van der Waals surface area (Å²) in [7, 11) is 4.01. The van der Waals surface area contributed by atoms with Crippen LogP contribution in [-0.4, -0.2) is 56.1 Å². The average Bonchev–Trinajstić information content (AvgIpc) is 3.20. The highest BCUT2D eigenvalue weighted by atomic mass is 16.2. The minimum absolute atomic E-state index is 0.0161. The number of rotatable bonds is 5. The molecule has 25 heavy (non-hydrogen) atoms. The van der Waals surface area contributed by atoms with E-state index in [4.69, 9.17) is 4.98 Å². The average molecular weight is 342 g/mol. The highest BCUT2D eigenvalue weighted by molar-refractivity contribution is 5.92. The van der Waals surface area contributed by atoms with Gasteiger partial charge in [0.15, 0.2) is 5.69 Å². The number of aryl methyl sites for hydroxylation is 2. The fraction of sp³-hybridized carbons (Fsp3) is 0.556. The lowest BCUT2D eigenvalue weighted by Crippen LogP contribution is -2.31. The number of aromatic nitrogens is 4. The van der Waals surface area contributed by atoms with Crippen molar-refractivity contribution in [2.75, 3.05) is 20.6 Å². The van der Waals surface area contributed by atoms with Gasteiger partial charge >= 0.3 is 0 Å². The van der Waals surface area contributed by atoms with Crippen LogP contribution in [-0.2, 0) is 13.1 Å². The van der Waals surface area contributed by atoms with Crippen LogP contribution < -0.4 is 0 Å². The van der Waals surface area contributed by atoms with Gasteiger partial charge in [-0.3, -0.25) is 19.4 Å². The molecular weight excluding hydrogens is 316 g/mol. The summed E-state index contributed by atoms with van der Waals surface area (Å²) < 4.78 is 1.86. The molecule has 7 heteroatoms. The molecule has 3 heterocycles. The summed E-state index contributed by atoms with van der Waals surface area (Å²) in [6.45, 7) is 6.24. The molecule has 0 aromatic carbocycles. The Hall–Kier alpha value is -2.28. The monoisotopic (exact) mass is 342 g/mol. The summed E-state index contributed by atoms with van der Waals surface area (Å²) in [6.07, 6.45) is 5.46. The molecule has 2 aromatic rings. The molecule has 1 aliphatic rings. The molecule has 2 aromatic heterocycles. The second-order valence-corrected chi connectivity index (χ2v) is 6.82. The molecule has 0 aliphatic carbocycles. The first kappa shape index (κ1) is 17.5. The molecule has 1 saturated heterocycles. The zero-order chi connectivity index (χ0) is 18.0. The lowest BCUT2D eigenvalue weighted by Gasteiger charge is -2.23. The van der Waals surface area contributed by atoms with Crippen LogP contribution >= 0.6 is 0 Å². The second kappa shape index (κ2) is 7.31. The molecule has 1 amide bonds. The van der Waals surface area contributed by atoms with E-state index in [0.717, 1.165) is 49.6 Å². The Morgan fingerprint density at radius 2 is 2.16 bits per heavy atom. The van der Waals surface area contributed by atoms with E-state index in [1.54, 1.807) is 12.4 Å². The SMILES string of the molecule is CCn1nc(C(=O)N2CCCC2c2cncc(CN(C)C)n2)cc1C. The van der Waals surface area contributed by atoms with Crippen LogP contribution in [0.3, 0.4) is 0 Å². The molecule has 7 nitrogen and oxygen atoms in total. The van der Waals surface area contributed by atoms with Gasteiger partial charge in [-0.1, -0.05) is 0 Å². The molecule has 1 fully saturated rings. The largest absolute Gasteiger partial charge is 0.329 e. The van der Waals surface area contributed by atoms with Crippen LogP contribution in [0.15, 0.2) is 18.5 Å². The Morgan fingerprint density at radius 3 is 2.84 bits per heavy atom. The number of likely N-dealkylation sites (tertiary alicyclic amines) is 1. The highest BCUT2D eigenvalue weighted by Gasteiger charge is 2.33. The van der Waals surface area contributed by atoms with Crippen LogP contribution in [0.25, 0.3) is 0 Å². The first-order chi connectivity index (χ1) is 12.0. The van der Waals surface area contributed by atoms with E-state index < -0.39 is 0 Å². The van der Waals surface area contributed by atoms with Crippen molar-refractivity contribution < 1.29 is 4.79 Å². The smallest absolute Gasteiger partial charge is 0.274 e. The van der Waals surface area contributed by atoms with Gasteiger partial charge < -0.3 is 9.80 Å². The molecule has 0 radical (unpaired) electrons. The van der Waals surface area contributed by atoms with Gasteiger partial charge in [0.2, 0.25) is 0 Å². The maximum atomic E-state index is 13.0. The minimum atomic E-state index is -0.0193. The molecular formula is C18H26N6O. The third kappa shape index (κ3) is 3.71. The summed E-state index contributed by atoms with van der Waals surface area (Å²) in [5, 5.41) is 4.44. The Bertz CT molecular complexity index is 754. The standard InChI is InChI=1S/C18H26N6O/c1-5-24-13(2)9-15(21-24)18(25)23-8-6-7-17(23)16-11-19-10-14(20-16)12-22(3)4/h9-11,17H,5-8,12H2,1-4H3. The van der Waals surface area contributed by atoms with Crippen molar-refractivity contribution in [2.45, 2.75) is 45.8 Å². The molecule has 1 aliphatic heterocycles. The zero-order valence-corrected chi connectivity index (χ0v) is 15.4. The molecule has 0 saturated carbocycles. The van der Waals surface area contributed by atoms with Crippen molar-refractivity contribution in [1.29, 1.82) is 0 Å². The number of hydrogen-bond acceptors (Lipinski definition) is 5. The van der Waals surface area contributed by atoms with E-state index in [2.05, 4.69) is 15.0 Å². The van der Waals surface area contributed by atoms with E-state index in [1.807, 2.05) is 43.6 Å². The molecule has 134 valence electrons. The minimum Gasteiger partial charge on any atom is -0.329 e. The van der Waals surface area contributed by atoms with E-state index in [1.165, 1.54) is 0 Å². The van der Waals surface area contributed by atoms with E-state index in [-0.39, 0.29) is 11.9 Å². The van der Waals surface area contributed by atoms with Crippen molar-refractivity contribution in [1.82, 2.24) is 29.5 Å². The van der Waals surface area contributed by atoms with Crippen molar-refractivity contribution in [3.05, 3.63) is 41.2 Å². The summed E-state index contributed by atoms with van der Waals surface area (Å²) >= 11 is 0. The Morgan fingerprint density at radius 1 is 1.36 bits per heavy atom. The number of carbonyl (C=O) groups is 1. The van der Waals surface area contributed by atoms with Crippen LogP contribution in [0.2, 0.25) is 0 Å². The first-order valence-corrected chi connectivity index (χ1v) is 8.80. The topological polar surface area (TPSA) is 67.2 Å². The van der Waals surface area contributed by atoms with Gasteiger partial charge in [-0.05, 0) is 46.9 Å². The third-order valence-corrected chi connectivity index (χ3v) is 4.54. The van der Waals surface area contributed by atoms with Crippen molar-refractivity contribution in [3.8, 4) is 0 Å². The highest BCUT2D eigenvalue weighted by Crippen LogP contribution is 2.31. The summed E-state index contributed by atoms with van der Waals surface area (Å²) in [5.41, 5.74) is 3.32. The van der Waals surface area contributed by atoms with E-state index in [9.17, 15) is 4.79 Å². The lowest BCUT2D eigenvalue weighted by molar-refractivity contribution is 0.0725. The predicted molar refractivity (Wildman–Crippen MR) is 95.1 cm³/mol. The number of carbonyl (C=O) groups excluding carboxylic acids is 1. The molecule has 1 atom stereocenters.